The van der Waals surface area contributed by atoms with Gasteiger partial charge in [-0.15, -0.1) is 0 Å². The number of nitrogens with zero attached hydrogens (tertiary/aromatic N) is 3. The molecule has 2 atom stereocenters. The molecule has 7 nitrogen and oxygen atoms in total. The monoisotopic (exact) mass is 374 g/mol. The molecule has 3 aliphatic rings. The van der Waals surface area contributed by atoms with Crippen LogP contribution in [0.25, 0.3) is 0 Å². The van der Waals surface area contributed by atoms with E-state index in [0.717, 1.165) is 57.1 Å². The standard InChI is InChI=1S/C20H30N4O3/c25-20(22-14-16-6-1-4-13-26-16)24-12-8-17(15-24)27-18-7-5-9-21-19(18)23-10-2-3-11-23/h5,7,9,16-17H,1-4,6,8,10-15H2,(H,22,25). The molecule has 148 valence electrons. The number of carbonyl (C=O) groups is 1. The minimum atomic E-state index is -0.0128. The van der Waals surface area contributed by atoms with Crippen molar-refractivity contribution in [1.82, 2.24) is 15.2 Å². The molecule has 1 aromatic heterocycles. The third-order valence-corrected chi connectivity index (χ3v) is 5.64. The smallest absolute Gasteiger partial charge is 0.317 e. The number of nitrogens with one attached hydrogen (secondary N) is 1. The van der Waals surface area contributed by atoms with Crippen LogP contribution in [0.3, 0.4) is 0 Å². The topological polar surface area (TPSA) is 66.9 Å². The predicted octanol–water partition coefficient (Wildman–Crippen LogP) is 2.41. The van der Waals surface area contributed by atoms with Gasteiger partial charge in [-0.25, -0.2) is 9.78 Å². The Labute approximate surface area is 161 Å². The summed E-state index contributed by atoms with van der Waals surface area (Å²) in [6.45, 7) is 4.83. The number of rotatable bonds is 5. The molecule has 0 aliphatic carbocycles. The second-order valence-corrected chi connectivity index (χ2v) is 7.67. The molecule has 4 heterocycles. The molecule has 3 fully saturated rings. The maximum atomic E-state index is 12.4. The molecule has 0 spiro atoms. The first kappa shape index (κ1) is 18.3. The SMILES string of the molecule is O=C(NCC1CCCCO1)N1CCC(Oc2cccnc2N2CCCC2)C1. The number of amides is 2. The Kier molecular flexibility index (Phi) is 5.97. The lowest BCUT2D eigenvalue weighted by molar-refractivity contribution is 0.0178. The van der Waals surface area contributed by atoms with Crippen LogP contribution >= 0.6 is 0 Å². The summed E-state index contributed by atoms with van der Waals surface area (Å²) in [6, 6.07) is 3.89. The quantitative estimate of drug-likeness (QED) is 0.857. The number of carbonyl (C=O) groups excluding carboxylic acids is 1. The third-order valence-electron chi connectivity index (χ3n) is 5.64. The molecule has 0 aromatic carbocycles. The van der Waals surface area contributed by atoms with E-state index in [1.54, 1.807) is 0 Å². The average molecular weight is 374 g/mol. The Morgan fingerprint density at radius 3 is 2.93 bits per heavy atom. The zero-order chi connectivity index (χ0) is 18.5. The van der Waals surface area contributed by atoms with Gasteiger partial charge in [0.25, 0.3) is 0 Å². The fraction of sp³-hybridized carbons (Fsp3) is 0.700. The zero-order valence-electron chi connectivity index (χ0n) is 15.9. The van der Waals surface area contributed by atoms with Gasteiger partial charge in [0.2, 0.25) is 0 Å². The molecule has 2 unspecified atom stereocenters. The summed E-state index contributed by atoms with van der Waals surface area (Å²) in [4.78, 5) is 21.1. The van der Waals surface area contributed by atoms with Gasteiger partial charge >= 0.3 is 6.03 Å². The molecule has 3 saturated heterocycles. The van der Waals surface area contributed by atoms with E-state index in [2.05, 4.69) is 15.2 Å². The Hall–Kier alpha value is -2.02. The molecular weight excluding hydrogens is 344 g/mol. The molecule has 0 radical (unpaired) electrons. The Morgan fingerprint density at radius 1 is 1.22 bits per heavy atom. The lowest BCUT2D eigenvalue weighted by Gasteiger charge is -2.25. The van der Waals surface area contributed by atoms with Gasteiger partial charge in [-0.1, -0.05) is 0 Å². The van der Waals surface area contributed by atoms with Crippen LogP contribution in [0.5, 0.6) is 5.75 Å². The lowest BCUT2D eigenvalue weighted by atomic mass is 10.1. The predicted molar refractivity (Wildman–Crippen MR) is 103 cm³/mol. The molecule has 0 saturated carbocycles. The highest BCUT2D eigenvalue weighted by molar-refractivity contribution is 5.74. The number of anilines is 1. The van der Waals surface area contributed by atoms with Crippen molar-refractivity contribution in [2.45, 2.75) is 50.7 Å². The first-order chi connectivity index (χ1) is 13.3. The number of hydrogen-bond donors (Lipinski definition) is 1. The van der Waals surface area contributed by atoms with E-state index in [-0.39, 0.29) is 18.2 Å². The van der Waals surface area contributed by atoms with Gasteiger partial charge in [-0.05, 0) is 44.2 Å². The van der Waals surface area contributed by atoms with Crippen LogP contribution in [0.15, 0.2) is 18.3 Å². The van der Waals surface area contributed by atoms with Crippen LogP contribution < -0.4 is 15.0 Å². The largest absolute Gasteiger partial charge is 0.485 e. The van der Waals surface area contributed by atoms with E-state index in [1.165, 1.54) is 19.3 Å². The van der Waals surface area contributed by atoms with Gasteiger partial charge in [0.05, 0.1) is 12.6 Å². The minimum absolute atomic E-state index is 0.0128. The van der Waals surface area contributed by atoms with E-state index >= 15 is 0 Å². The highest BCUT2D eigenvalue weighted by Crippen LogP contribution is 2.30. The molecule has 2 amide bonds. The number of ether oxygens (including phenoxy) is 2. The van der Waals surface area contributed by atoms with Crippen LogP contribution in [0.2, 0.25) is 0 Å². The minimum Gasteiger partial charge on any atom is -0.485 e. The fourth-order valence-corrected chi connectivity index (χ4v) is 4.11. The molecule has 3 aliphatic heterocycles. The summed E-state index contributed by atoms with van der Waals surface area (Å²) in [5.74, 6) is 1.77. The first-order valence-corrected chi connectivity index (χ1v) is 10.3. The van der Waals surface area contributed by atoms with Crippen molar-refractivity contribution in [2.75, 3.05) is 44.2 Å². The van der Waals surface area contributed by atoms with Crippen molar-refractivity contribution in [3.63, 3.8) is 0 Å². The van der Waals surface area contributed by atoms with Crippen LogP contribution in [0, 0.1) is 0 Å². The first-order valence-electron chi connectivity index (χ1n) is 10.3. The maximum Gasteiger partial charge on any atom is 0.317 e. The molecule has 27 heavy (non-hydrogen) atoms. The lowest BCUT2D eigenvalue weighted by Crippen LogP contribution is -2.43. The summed E-state index contributed by atoms with van der Waals surface area (Å²) in [5.41, 5.74) is 0. The van der Waals surface area contributed by atoms with Gasteiger partial charge in [-0.3, -0.25) is 0 Å². The van der Waals surface area contributed by atoms with E-state index in [9.17, 15) is 4.79 Å². The molecule has 1 aromatic rings. The van der Waals surface area contributed by atoms with E-state index in [0.29, 0.717) is 13.1 Å². The summed E-state index contributed by atoms with van der Waals surface area (Å²) >= 11 is 0. The number of likely N-dealkylation sites (tertiary alicyclic amines) is 1. The van der Waals surface area contributed by atoms with Crippen LogP contribution in [-0.2, 0) is 4.74 Å². The van der Waals surface area contributed by atoms with Gasteiger partial charge in [-0.2, -0.15) is 0 Å². The van der Waals surface area contributed by atoms with Crippen LogP contribution in [0.1, 0.15) is 38.5 Å². The van der Waals surface area contributed by atoms with Crippen molar-refractivity contribution >= 4 is 11.8 Å². The van der Waals surface area contributed by atoms with E-state index in [1.807, 2.05) is 23.2 Å². The van der Waals surface area contributed by atoms with Crippen molar-refractivity contribution < 1.29 is 14.3 Å². The summed E-state index contributed by atoms with van der Waals surface area (Å²) in [7, 11) is 0. The third kappa shape index (κ3) is 4.64. The number of urea groups is 1. The van der Waals surface area contributed by atoms with Gasteiger partial charge in [0, 0.05) is 45.4 Å². The fourth-order valence-electron chi connectivity index (χ4n) is 4.11. The Morgan fingerprint density at radius 2 is 2.11 bits per heavy atom. The summed E-state index contributed by atoms with van der Waals surface area (Å²) in [6.07, 6.45) is 8.61. The number of pyridine rings is 1. The van der Waals surface area contributed by atoms with E-state index in [4.69, 9.17) is 9.47 Å². The van der Waals surface area contributed by atoms with Gasteiger partial charge in [0.1, 0.15) is 6.10 Å². The maximum absolute atomic E-state index is 12.4. The molecule has 4 rings (SSSR count). The molecule has 1 N–H and O–H groups in total. The van der Waals surface area contributed by atoms with Crippen LogP contribution in [-0.4, -0.2) is 67.5 Å². The van der Waals surface area contributed by atoms with Crippen LogP contribution in [0.4, 0.5) is 10.6 Å². The highest BCUT2D eigenvalue weighted by atomic mass is 16.5. The second-order valence-electron chi connectivity index (χ2n) is 7.67. The second kappa shape index (κ2) is 8.78. The normalized spacial score (nSPS) is 25.6. The molecule has 0 bridgehead atoms. The number of hydrogen-bond acceptors (Lipinski definition) is 5. The van der Waals surface area contributed by atoms with Crippen molar-refractivity contribution in [3.05, 3.63) is 18.3 Å². The average Bonchev–Trinajstić information content (AvgIpc) is 3.40. The number of aromatic nitrogens is 1. The van der Waals surface area contributed by atoms with Crippen molar-refractivity contribution in [1.29, 1.82) is 0 Å². The molecular formula is C20H30N4O3. The Bertz CT molecular complexity index is 629. The van der Waals surface area contributed by atoms with Crippen molar-refractivity contribution in [2.24, 2.45) is 0 Å². The zero-order valence-corrected chi connectivity index (χ0v) is 15.9. The summed E-state index contributed by atoms with van der Waals surface area (Å²) in [5, 5.41) is 3.02. The van der Waals surface area contributed by atoms with Gasteiger partial charge < -0.3 is 24.6 Å². The molecule has 7 heteroatoms. The van der Waals surface area contributed by atoms with Crippen molar-refractivity contribution in [3.8, 4) is 5.75 Å². The Balaban J connectivity index is 1.28. The van der Waals surface area contributed by atoms with Gasteiger partial charge in [0.15, 0.2) is 11.6 Å². The highest BCUT2D eigenvalue weighted by Gasteiger charge is 2.29. The van der Waals surface area contributed by atoms with E-state index < -0.39 is 0 Å². The summed E-state index contributed by atoms with van der Waals surface area (Å²) < 4.78 is 11.9.